The second-order valence-electron chi connectivity index (χ2n) is 4.98. The second kappa shape index (κ2) is 7.55. The summed E-state index contributed by atoms with van der Waals surface area (Å²) >= 11 is 0. The fourth-order valence-corrected chi connectivity index (χ4v) is 3.34. The van der Waals surface area contributed by atoms with Crippen LogP contribution in [0.5, 0.6) is 0 Å². The zero-order valence-electron chi connectivity index (χ0n) is 12.4. The molecule has 0 spiro atoms. The van der Waals surface area contributed by atoms with Gasteiger partial charge in [-0.3, -0.25) is 0 Å². The molecule has 6 heteroatoms. The Morgan fingerprint density at radius 1 is 1.38 bits per heavy atom. The molecule has 0 bridgehead atoms. The first-order valence-corrected chi connectivity index (χ1v) is 8.21. The van der Waals surface area contributed by atoms with Crippen molar-refractivity contribution in [3.8, 4) is 11.8 Å². The van der Waals surface area contributed by atoms with Gasteiger partial charge >= 0.3 is 0 Å². The molecule has 1 aromatic carbocycles. The maximum atomic E-state index is 13.8. The van der Waals surface area contributed by atoms with Gasteiger partial charge in [0.1, 0.15) is 12.4 Å². The summed E-state index contributed by atoms with van der Waals surface area (Å²) in [6.45, 7) is 5.35. The Morgan fingerprint density at radius 2 is 2.05 bits per heavy atom. The van der Waals surface area contributed by atoms with Crippen molar-refractivity contribution in [1.82, 2.24) is 4.72 Å². The fourth-order valence-electron chi connectivity index (χ4n) is 1.86. The molecule has 2 N–H and O–H groups in total. The normalized spacial score (nSPS) is 12.9. The van der Waals surface area contributed by atoms with Crippen LogP contribution in [0.4, 0.5) is 4.39 Å². The molecule has 0 saturated carbocycles. The molecule has 21 heavy (non-hydrogen) atoms. The first-order valence-electron chi connectivity index (χ1n) is 6.73. The zero-order chi connectivity index (χ0) is 16.0. The van der Waals surface area contributed by atoms with Crippen molar-refractivity contribution in [2.45, 2.75) is 38.1 Å². The van der Waals surface area contributed by atoms with Gasteiger partial charge in [0.05, 0.1) is 10.5 Å². The third-order valence-corrected chi connectivity index (χ3v) is 4.59. The molecule has 0 aliphatic carbocycles. The molecule has 0 saturated heterocycles. The minimum absolute atomic E-state index is 0.0545. The number of nitrogens with one attached hydrogen (secondary N) is 1. The van der Waals surface area contributed by atoms with Crippen LogP contribution in [0.25, 0.3) is 0 Å². The molecular formula is C15H20FNO3S. The van der Waals surface area contributed by atoms with Gasteiger partial charge in [0.15, 0.2) is 0 Å². The van der Waals surface area contributed by atoms with Crippen LogP contribution in [0, 0.1) is 23.6 Å². The van der Waals surface area contributed by atoms with E-state index in [-0.39, 0.29) is 29.0 Å². The zero-order valence-corrected chi connectivity index (χ0v) is 13.2. The van der Waals surface area contributed by atoms with E-state index in [1.807, 2.05) is 20.8 Å². The molecule has 0 radical (unpaired) electrons. The van der Waals surface area contributed by atoms with Gasteiger partial charge in [-0.1, -0.05) is 32.6 Å². The Hall–Kier alpha value is -1.42. The smallest absolute Gasteiger partial charge is 0.240 e. The molecule has 0 aliphatic heterocycles. The van der Waals surface area contributed by atoms with E-state index >= 15 is 0 Å². The average molecular weight is 313 g/mol. The van der Waals surface area contributed by atoms with E-state index < -0.39 is 15.8 Å². The Labute approximate surface area is 125 Å². The summed E-state index contributed by atoms with van der Waals surface area (Å²) in [5.41, 5.74) is 0.0545. The standard InChI is InChI=1S/C15H20FNO3S/c1-4-15(11(2)3)17-21(19,20)13-8-7-12(6-5-9-18)14(16)10-13/h7-8,10-11,15,17-18H,4,9H2,1-3H3. The predicted molar refractivity (Wildman–Crippen MR) is 79.6 cm³/mol. The number of rotatable bonds is 5. The van der Waals surface area contributed by atoms with Crippen molar-refractivity contribution in [3.63, 3.8) is 0 Å². The van der Waals surface area contributed by atoms with Crippen molar-refractivity contribution in [2.75, 3.05) is 6.61 Å². The maximum Gasteiger partial charge on any atom is 0.240 e. The monoisotopic (exact) mass is 313 g/mol. The largest absolute Gasteiger partial charge is 0.384 e. The quantitative estimate of drug-likeness (QED) is 0.816. The molecule has 4 nitrogen and oxygen atoms in total. The van der Waals surface area contributed by atoms with E-state index in [0.29, 0.717) is 6.42 Å². The Kier molecular flexibility index (Phi) is 6.34. The van der Waals surface area contributed by atoms with Crippen molar-refractivity contribution >= 4 is 10.0 Å². The highest BCUT2D eigenvalue weighted by atomic mass is 32.2. The minimum Gasteiger partial charge on any atom is -0.384 e. The van der Waals surface area contributed by atoms with Gasteiger partial charge in [0, 0.05) is 6.04 Å². The minimum atomic E-state index is -3.76. The summed E-state index contributed by atoms with van der Waals surface area (Å²) < 4.78 is 40.8. The summed E-state index contributed by atoms with van der Waals surface area (Å²) in [6, 6.07) is 3.34. The first-order chi connectivity index (χ1) is 9.81. The topological polar surface area (TPSA) is 66.4 Å². The average Bonchev–Trinajstić information content (AvgIpc) is 2.43. The third kappa shape index (κ3) is 4.81. The Balaban J connectivity index is 3.07. The van der Waals surface area contributed by atoms with E-state index in [9.17, 15) is 12.8 Å². The van der Waals surface area contributed by atoms with Crippen LogP contribution < -0.4 is 4.72 Å². The summed E-state index contributed by atoms with van der Waals surface area (Å²) in [5.74, 6) is 4.16. The van der Waals surface area contributed by atoms with Crippen LogP contribution >= 0.6 is 0 Å². The van der Waals surface area contributed by atoms with Crippen LogP contribution in [-0.2, 0) is 10.0 Å². The number of benzene rings is 1. The SMILES string of the molecule is CCC(NS(=O)(=O)c1ccc(C#CCO)c(F)c1)C(C)C. The molecule has 0 heterocycles. The van der Waals surface area contributed by atoms with Gasteiger partial charge in [-0.2, -0.15) is 0 Å². The van der Waals surface area contributed by atoms with Gasteiger partial charge in [-0.05, 0) is 30.5 Å². The second-order valence-corrected chi connectivity index (χ2v) is 6.70. The Morgan fingerprint density at radius 3 is 2.52 bits per heavy atom. The maximum absolute atomic E-state index is 13.8. The molecule has 0 aromatic heterocycles. The van der Waals surface area contributed by atoms with Gasteiger partial charge in [0.2, 0.25) is 10.0 Å². The van der Waals surface area contributed by atoms with Crippen molar-refractivity contribution < 1.29 is 17.9 Å². The molecule has 0 fully saturated rings. The highest BCUT2D eigenvalue weighted by Gasteiger charge is 2.22. The third-order valence-electron chi connectivity index (χ3n) is 3.10. The van der Waals surface area contributed by atoms with Crippen LogP contribution in [0.2, 0.25) is 0 Å². The number of halogens is 1. The highest BCUT2D eigenvalue weighted by Crippen LogP contribution is 2.16. The van der Waals surface area contributed by atoms with E-state index in [2.05, 4.69) is 16.6 Å². The summed E-state index contributed by atoms with van der Waals surface area (Å²) in [6.07, 6.45) is 0.652. The number of hydrogen-bond donors (Lipinski definition) is 2. The van der Waals surface area contributed by atoms with Gasteiger partial charge in [-0.25, -0.2) is 17.5 Å². The summed E-state index contributed by atoms with van der Waals surface area (Å²) in [4.78, 5) is -0.131. The van der Waals surface area contributed by atoms with Crippen molar-refractivity contribution in [1.29, 1.82) is 0 Å². The van der Waals surface area contributed by atoms with Crippen molar-refractivity contribution in [3.05, 3.63) is 29.6 Å². The van der Waals surface area contributed by atoms with Crippen LogP contribution in [0.15, 0.2) is 23.1 Å². The molecule has 1 aromatic rings. The number of hydrogen-bond acceptors (Lipinski definition) is 3. The molecule has 116 valence electrons. The van der Waals surface area contributed by atoms with Crippen LogP contribution in [0.3, 0.4) is 0 Å². The molecular weight excluding hydrogens is 293 g/mol. The van der Waals surface area contributed by atoms with Crippen LogP contribution in [-0.4, -0.2) is 26.2 Å². The number of aliphatic hydroxyl groups is 1. The molecule has 1 atom stereocenters. The van der Waals surface area contributed by atoms with Gasteiger partial charge < -0.3 is 5.11 Å². The first kappa shape index (κ1) is 17.6. The lowest BCUT2D eigenvalue weighted by Gasteiger charge is -2.20. The lowest BCUT2D eigenvalue weighted by molar-refractivity contribution is 0.350. The molecule has 1 rings (SSSR count). The van der Waals surface area contributed by atoms with E-state index in [1.165, 1.54) is 12.1 Å². The number of sulfonamides is 1. The molecule has 0 aliphatic rings. The van der Waals surface area contributed by atoms with Crippen LogP contribution in [0.1, 0.15) is 32.8 Å². The van der Waals surface area contributed by atoms with Gasteiger partial charge in [0.25, 0.3) is 0 Å². The molecule has 0 amide bonds. The number of aliphatic hydroxyl groups excluding tert-OH is 1. The fraction of sp³-hybridized carbons (Fsp3) is 0.467. The lowest BCUT2D eigenvalue weighted by Crippen LogP contribution is -2.38. The van der Waals surface area contributed by atoms with Crippen molar-refractivity contribution in [2.24, 2.45) is 5.92 Å². The van der Waals surface area contributed by atoms with E-state index in [1.54, 1.807) is 0 Å². The predicted octanol–water partition coefficient (Wildman–Crippen LogP) is 1.88. The van der Waals surface area contributed by atoms with E-state index in [0.717, 1.165) is 6.07 Å². The van der Waals surface area contributed by atoms with E-state index in [4.69, 9.17) is 5.11 Å². The lowest BCUT2D eigenvalue weighted by atomic mass is 10.0. The summed E-state index contributed by atoms with van der Waals surface area (Å²) in [5, 5.41) is 8.58. The molecule has 1 unspecified atom stereocenters. The summed E-state index contributed by atoms with van der Waals surface area (Å²) in [7, 11) is -3.76. The highest BCUT2D eigenvalue weighted by molar-refractivity contribution is 7.89. The van der Waals surface area contributed by atoms with Gasteiger partial charge in [-0.15, -0.1) is 0 Å². The Bertz CT molecular complexity index is 645.